The number of halogens is 1. The molecule has 8 heteroatoms. The monoisotopic (exact) mass is 444 g/mol. The number of carbonyl (C=O) groups is 1. The number of carbonyl (C=O) groups excluding carboxylic acids is 1. The maximum atomic E-state index is 12.9. The molecule has 156 valence electrons. The van der Waals surface area contributed by atoms with Crippen LogP contribution < -0.4 is 14.4 Å². The molecule has 0 unspecified atom stereocenters. The Bertz CT molecular complexity index is 1150. The molecule has 0 saturated heterocycles. The van der Waals surface area contributed by atoms with Gasteiger partial charge in [-0.25, -0.2) is 8.42 Å². The molecule has 1 amide bonds. The van der Waals surface area contributed by atoms with Crippen LogP contribution in [0.5, 0.6) is 5.75 Å². The van der Waals surface area contributed by atoms with E-state index >= 15 is 0 Å². The molecule has 0 aliphatic carbocycles. The van der Waals surface area contributed by atoms with Gasteiger partial charge < -0.3 is 10.1 Å². The van der Waals surface area contributed by atoms with Gasteiger partial charge in [-0.15, -0.1) is 0 Å². The maximum absolute atomic E-state index is 12.9. The van der Waals surface area contributed by atoms with Crippen molar-refractivity contribution in [1.29, 1.82) is 0 Å². The summed E-state index contributed by atoms with van der Waals surface area (Å²) in [6.07, 6.45) is 0. The lowest BCUT2D eigenvalue weighted by Crippen LogP contribution is -2.26. The Morgan fingerprint density at radius 1 is 1.03 bits per heavy atom. The number of aryl methyl sites for hydroxylation is 1. The average molecular weight is 445 g/mol. The number of amides is 1. The zero-order chi connectivity index (χ0) is 21.7. The second kappa shape index (κ2) is 9.19. The number of benzene rings is 3. The number of para-hydroxylation sites is 1. The van der Waals surface area contributed by atoms with Crippen LogP contribution in [-0.4, -0.2) is 28.0 Å². The summed E-state index contributed by atoms with van der Waals surface area (Å²) < 4.78 is 32.5. The molecule has 3 aromatic carbocycles. The van der Waals surface area contributed by atoms with Gasteiger partial charge in [0.2, 0.25) is 0 Å². The van der Waals surface area contributed by atoms with Crippen LogP contribution in [-0.2, 0) is 14.8 Å². The van der Waals surface area contributed by atoms with Crippen LogP contribution in [0.1, 0.15) is 5.56 Å². The quantitative estimate of drug-likeness (QED) is 0.582. The molecule has 0 spiro atoms. The standard InChI is InChI=1S/C22H21ClN2O4S/c1-16-11-12-20(23)21(13-16)29-15-22(26)24-17-7-6-10-19(14-17)30(27,28)25(2)18-8-4-3-5-9-18/h3-14H,15H2,1-2H3,(H,24,26). The van der Waals surface area contributed by atoms with Gasteiger partial charge in [-0.3, -0.25) is 9.10 Å². The van der Waals surface area contributed by atoms with Crippen LogP contribution in [0.4, 0.5) is 11.4 Å². The molecule has 0 radical (unpaired) electrons. The zero-order valence-corrected chi connectivity index (χ0v) is 18.1. The van der Waals surface area contributed by atoms with Gasteiger partial charge >= 0.3 is 0 Å². The van der Waals surface area contributed by atoms with Gasteiger partial charge in [0.25, 0.3) is 15.9 Å². The van der Waals surface area contributed by atoms with E-state index < -0.39 is 15.9 Å². The van der Waals surface area contributed by atoms with Crippen LogP contribution in [0.2, 0.25) is 5.02 Å². The first kappa shape index (κ1) is 21.7. The van der Waals surface area contributed by atoms with Gasteiger partial charge in [0.15, 0.2) is 6.61 Å². The predicted molar refractivity (Wildman–Crippen MR) is 119 cm³/mol. The normalized spacial score (nSPS) is 11.0. The second-order valence-corrected chi connectivity index (χ2v) is 8.98. The average Bonchev–Trinajstić information content (AvgIpc) is 2.74. The minimum absolute atomic E-state index is 0.0642. The predicted octanol–water partition coefficient (Wildman–Crippen LogP) is 4.49. The van der Waals surface area contributed by atoms with E-state index in [1.807, 2.05) is 19.1 Å². The first-order valence-corrected chi connectivity index (χ1v) is 10.9. The SMILES string of the molecule is Cc1ccc(Cl)c(OCC(=O)Nc2cccc(S(=O)(=O)N(C)c3ccccc3)c2)c1. The van der Waals surface area contributed by atoms with Crippen molar-refractivity contribution in [2.75, 3.05) is 23.3 Å². The van der Waals surface area contributed by atoms with E-state index in [4.69, 9.17) is 16.3 Å². The van der Waals surface area contributed by atoms with E-state index in [0.29, 0.717) is 22.1 Å². The van der Waals surface area contributed by atoms with E-state index in [1.165, 1.54) is 23.5 Å². The second-order valence-electron chi connectivity index (χ2n) is 6.61. The van der Waals surface area contributed by atoms with Crippen molar-refractivity contribution in [3.05, 3.63) is 83.4 Å². The summed E-state index contributed by atoms with van der Waals surface area (Å²) in [4.78, 5) is 12.3. The van der Waals surface area contributed by atoms with Crippen LogP contribution >= 0.6 is 11.6 Å². The summed E-state index contributed by atoms with van der Waals surface area (Å²) in [5.41, 5.74) is 1.84. The lowest BCUT2D eigenvalue weighted by Gasteiger charge is -2.20. The molecule has 0 saturated carbocycles. The number of hydrogen-bond donors (Lipinski definition) is 1. The molecule has 6 nitrogen and oxygen atoms in total. The van der Waals surface area contributed by atoms with Crippen LogP contribution in [0, 0.1) is 6.92 Å². The largest absolute Gasteiger partial charge is 0.482 e. The first-order chi connectivity index (χ1) is 14.3. The fourth-order valence-electron chi connectivity index (χ4n) is 2.73. The Hall–Kier alpha value is -3.03. The van der Waals surface area contributed by atoms with Crippen molar-refractivity contribution in [3.63, 3.8) is 0 Å². The molecule has 3 aromatic rings. The number of rotatable bonds is 7. The van der Waals surface area contributed by atoms with Crippen molar-refractivity contribution in [3.8, 4) is 5.75 Å². The Labute approximate surface area is 181 Å². The number of nitrogens with zero attached hydrogens (tertiary/aromatic N) is 1. The number of anilines is 2. The molecular formula is C22H21ClN2O4S. The van der Waals surface area contributed by atoms with Crippen molar-refractivity contribution in [1.82, 2.24) is 0 Å². The minimum atomic E-state index is -3.78. The minimum Gasteiger partial charge on any atom is -0.482 e. The Balaban J connectivity index is 1.70. The molecule has 0 heterocycles. The topological polar surface area (TPSA) is 75.7 Å². The highest BCUT2D eigenvalue weighted by molar-refractivity contribution is 7.92. The molecule has 1 N–H and O–H groups in total. The fourth-order valence-corrected chi connectivity index (χ4v) is 4.14. The zero-order valence-electron chi connectivity index (χ0n) is 16.5. The third kappa shape index (κ3) is 5.11. The first-order valence-electron chi connectivity index (χ1n) is 9.10. The summed E-state index contributed by atoms with van der Waals surface area (Å²) in [7, 11) is -2.30. The molecule has 3 rings (SSSR count). The highest BCUT2D eigenvalue weighted by atomic mass is 35.5. The van der Waals surface area contributed by atoms with E-state index in [9.17, 15) is 13.2 Å². The summed E-state index contributed by atoms with van der Waals surface area (Å²) >= 11 is 6.06. The molecule has 0 fully saturated rings. The van der Waals surface area contributed by atoms with Crippen molar-refractivity contribution >= 4 is 38.9 Å². The molecule has 30 heavy (non-hydrogen) atoms. The highest BCUT2D eigenvalue weighted by Crippen LogP contribution is 2.26. The number of ether oxygens (including phenoxy) is 1. The fraction of sp³-hybridized carbons (Fsp3) is 0.136. The number of nitrogens with one attached hydrogen (secondary N) is 1. The number of hydrogen-bond acceptors (Lipinski definition) is 4. The third-order valence-corrected chi connectivity index (χ3v) is 6.44. The third-order valence-electron chi connectivity index (χ3n) is 4.34. The van der Waals surface area contributed by atoms with E-state index in [1.54, 1.807) is 48.5 Å². The van der Waals surface area contributed by atoms with E-state index in [0.717, 1.165) is 5.56 Å². The lowest BCUT2D eigenvalue weighted by atomic mass is 10.2. The van der Waals surface area contributed by atoms with Gasteiger partial charge in [0.1, 0.15) is 5.75 Å². The molecule has 0 atom stereocenters. The molecule has 0 aliphatic heterocycles. The molecule has 0 bridgehead atoms. The highest BCUT2D eigenvalue weighted by Gasteiger charge is 2.21. The van der Waals surface area contributed by atoms with Gasteiger partial charge in [0.05, 0.1) is 15.6 Å². The Morgan fingerprint density at radius 2 is 1.77 bits per heavy atom. The van der Waals surface area contributed by atoms with Gasteiger partial charge in [-0.05, 0) is 55.0 Å². The van der Waals surface area contributed by atoms with Gasteiger partial charge in [0, 0.05) is 12.7 Å². The lowest BCUT2D eigenvalue weighted by molar-refractivity contribution is -0.118. The van der Waals surface area contributed by atoms with Crippen LogP contribution in [0.15, 0.2) is 77.7 Å². The van der Waals surface area contributed by atoms with Crippen molar-refractivity contribution < 1.29 is 17.9 Å². The summed E-state index contributed by atoms with van der Waals surface area (Å²) in [5.74, 6) is -0.0221. The van der Waals surface area contributed by atoms with Crippen molar-refractivity contribution in [2.45, 2.75) is 11.8 Å². The van der Waals surface area contributed by atoms with E-state index in [2.05, 4.69) is 5.32 Å². The summed E-state index contributed by atoms with van der Waals surface area (Å²) in [6, 6.07) is 20.1. The molecular weight excluding hydrogens is 424 g/mol. The Morgan fingerprint density at radius 3 is 2.50 bits per heavy atom. The summed E-state index contributed by atoms with van der Waals surface area (Å²) in [5, 5.41) is 3.06. The smallest absolute Gasteiger partial charge is 0.264 e. The van der Waals surface area contributed by atoms with Gasteiger partial charge in [-0.2, -0.15) is 0 Å². The van der Waals surface area contributed by atoms with E-state index in [-0.39, 0.29) is 11.5 Å². The van der Waals surface area contributed by atoms with Crippen LogP contribution in [0.3, 0.4) is 0 Å². The van der Waals surface area contributed by atoms with Crippen LogP contribution in [0.25, 0.3) is 0 Å². The number of sulfonamides is 1. The maximum Gasteiger partial charge on any atom is 0.264 e. The van der Waals surface area contributed by atoms with Crippen molar-refractivity contribution in [2.24, 2.45) is 0 Å². The van der Waals surface area contributed by atoms with Gasteiger partial charge in [-0.1, -0.05) is 41.9 Å². The summed E-state index contributed by atoms with van der Waals surface area (Å²) in [6.45, 7) is 1.63. The molecule has 0 aliphatic rings. The Kier molecular flexibility index (Phi) is 6.64. The molecule has 0 aromatic heterocycles.